The van der Waals surface area contributed by atoms with E-state index in [-0.39, 0.29) is 0 Å². The molecule has 2 heterocycles. The van der Waals surface area contributed by atoms with E-state index in [9.17, 15) is 0 Å². The molecule has 0 atom stereocenters. The monoisotopic (exact) mass is 323 g/mol. The average molecular weight is 323 g/mol. The summed E-state index contributed by atoms with van der Waals surface area (Å²) in [7, 11) is 3.57. The van der Waals surface area contributed by atoms with Crippen LogP contribution in [0.3, 0.4) is 0 Å². The number of nitrogens with two attached hydrogens (primary N) is 1. The van der Waals surface area contributed by atoms with Crippen molar-refractivity contribution in [3.63, 3.8) is 0 Å². The van der Waals surface area contributed by atoms with E-state index in [4.69, 9.17) is 10.5 Å². The van der Waals surface area contributed by atoms with Gasteiger partial charge in [-0.1, -0.05) is 12.1 Å². The Balaban J connectivity index is 1.79. The first-order valence-electron chi connectivity index (χ1n) is 7.47. The Hall–Kier alpha value is -3.22. The number of benzene rings is 1. The number of pyridine rings is 1. The molecule has 0 radical (unpaired) electrons. The van der Waals surface area contributed by atoms with Gasteiger partial charge in [-0.2, -0.15) is 5.10 Å². The molecule has 0 unspecified atom stereocenters. The quantitative estimate of drug-likeness (QED) is 0.579. The van der Waals surface area contributed by atoms with Crippen LogP contribution in [0.2, 0.25) is 0 Å². The van der Waals surface area contributed by atoms with Crippen LogP contribution in [0.5, 0.6) is 5.75 Å². The highest BCUT2D eigenvalue weighted by Gasteiger charge is 2.08. The van der Waals surface area contributed by atoms with Crippen LogP contribution in [-0.2, 0) is 13.6 Å². The molecule has 0 saturated carbocycles. The van der Waals surface area contributed by atoms with E-state index in [2.05, 4.69) is 15.3 Å². The maximum atomic E-state index is 6.13. The lowest BCUT2D eigenvalue weighted by Crippen LogP contribution is -2.26. The molecule has 7 heteroatoms. The van der Waals surface area contributed by atoms with Gasteiger partial charge in [0.05, 0.1) is 19.9 Å². The first kappa shape index (κ1) is 15.7. The summed E-state index contributed by atoms with van der Waals surface area (Å²) in [6.07, 6.45) is 5.58. The number of anilines is 1. The van der Waals surface area contributed by atoms with Crippen LogP contribution in [0, 0.1) is 0 Å². The fraction of sp³-hybridized carbons (Fsp3) is 0.176. The molecule has 0 aliphatic heterocycles. The number of aryl methyl sites for hydroxylation is 1. The number of nitrogens with zero attached hydrogens (tertiary/aromatic N) is 5. The summed E-state index contributed by atoms with van der Waals surface area (Å²) in [6.45, 7) is 0.580. The van der Waals surface area contributed by atoms with Gasteiger partial charge in [0.1, 0.15) is 30.0 Å². The van der Waals surface area contributed by atoms with Crippen LogP contribution in [0.15, 0.2) is 65.2 Å². The van der Waals surface area contributed by atoms with Gasteiger partial charge in [0, 0.05) is 12.1 Å². The SMILES string of the molecule is COc1ccccc1N=Nc1cnn(Cc2cc[n+](C)cc2)c1N. The molecule has 0 fully saturated rings. The second kappa shape index (κ2) is 6.91. The van der Waals surface area contributed by atoms with Crippen molar-refractivity contribution < 1.29 is 9.30 Å². The van der Waals surface area contributed by atoms with Crippen LogP contribution < -0.4 is 15.0 Å². The number of aromatic nitrogens is 3. The maximum Gasteiger partial charge on any atom is 0.168 e. The third-order valence-electron chi connectivity index (χ3n) is 3.59. The molecule has 0 amide bonds. The number of para-hydroxylation sites is 1. The van der Waals surface area contributed by atoms with Gasteiger partial charge in [-0.15, -0.1) is 10.2 Å². The summed E-state index contributed by atoms with van der Waals surface area (Å²) in [5, 5.41) is 12.7. The van der Waals surface area contributed by atoms with Gasteiger partial charge in [0.2, 0.25) is 0 Å². The lowest BCUT2D eigenvalue weighted by molar-refractivity contribution is -0.671. The number of hydrogen-bond acceptors (Lipinski definition) is 5. The number of methoxy groups -OCH3 is 1. The van der Waals surface area contributed by atoms with Gasteiger partial charge < -0.3 is 10.5 Å². The van der Waals surface area contributed by atoms with Gasteiger partial charge in [-0.25, -0.2) is 9.25 Å². The zero-order chi connectivity index (χ0) is 16.9. The predicted molar refractivity (Wildman–Crippen MR) is 90.5 cm³/mol. The van der Waals surface area contributed by atoms with Crippen molar-refractivity contribution in [3.8, 4) is 5.75 Å². The molecule has 0 spiro atoms. The second-order valence-electron chi connectivity index (χ2n) is 5.32. The standard InChI is InChI=1S/C17H19N6O/c1-22-9-7-13(8-10-22)12-23-17(18)15(11-19-23)21-20-14-5-3-4-6-16(14)24-2/h3-11H,12,18H2,1-2H3/q+1. The van der Waals surface area contributed by atoms with E-state index in [1.807, 2.05) is 60.4 Å². The van der Waals surface area contributed by atoms with E-state index in [1.54, 1.807) is 18.0 Å². The van der Waals surface area contributed by atoms with Gasteiger partial charge in [0.15, 0.2) is 12.4 Å². The Labute approximate surface area is 140 Å². The van der Waals surface area contributed by atoms with Crippen molar-refractivity contribution in [1.29, 1.82) is 0 Å². The van der Waals surface area contributed by atoms with Crippen molar-refractivity contribution in [1.82, 2.24) is 9.78 Å². The zero-order valence-corrected chi connectivity index (χ0v) is 13.6. The van der Waals surface area contributed by atoms with E-state index >= 15 is 0 Å². The highest BCUT2D eigenvalue weighted by molar-refractivity contribution is 5.57. The molecule has 122 valence electrons. The Morgan fingerprint density at radius 1 is 1.12 bits per heavy atom. The summed E-state index contributed by atoms with van der Waals surface area (Å²) in [4.78, 5) is 0. The zero-order valence-electron chi connectivity index (χ0n) is 13.6. The van der Waals surface area contributed by atoms with E-state index in [0.717, 1.165) is 5.56 Å². The molecule has 1 aromatic carbocycles. The molecule has 7 nitrogen and oxygen atoms in total. The Morgan fingerprint density at radius 2 is 1.83 bits per heavy atom. The number of nitrogen functional groups attached to an aromatic ring is 1. The summed E-state index contributed by atoms with van der Waals surface area (Å²) < 4.78 is 8.93. The number of hydrogen-bond donors (Lipinski definition) is 1. The highest BCUT2D eigenvalue weighted by Crippen LogP contribution is 2.30. The van der Waals surface area contributed by atoms with Crippen molar-refractivity contribution in [2.24, 2.45) is 17.3 Å². The fourth-order valence-corrected chi connectivity index (χ4v) is 2.22. The molecular weight excluding hydrogens is 304 g/mol. The molecule has 0 aliphatic rings. The molecule has 0 saturated heterocycles. The van der Waals surface area contributed by atoms with Crippen LogP contribution in [0.25, 0.3) is 0 Å². The molecule has 0 bridgehead atoms. The second-order valence-corrected chi connectivity index (χ2v) is 5.32. The average Bonchev–Trinajstić information content (AvgIpc) is 2.95. The number of ether oxygens (including phenoxy) is 1. The van der Waals surface area contributed by atoms with Crippen molar-refractivity contribution >= 4 is 17.2 Å². The van der Waals surface area contributed by atoms with Crippen molar-refractivity contribution in [2.45, 2.75) is 6.54 Å². The molecular formula is C17H19N6O+. The summed E-state index contributed by atoms with van der Waals surface area (Å²) >= 11 is 0. The van der Waals surface area contributed by atoms with Crippen molar-refractivity contribution in [3.05, 3.63) is 60.6 Å². The topological polar surface area (TPSA) is 81.7 Å². The van der Waals surface area contributed by atoms with E-state index < -0.39 is 0 Å². The molecule has 2 N–H and O–H groups in total. The Bertz CT molecular complexity index is 854. The van der Waals surface area contributed by atoms with E-state index in [0.29, 0.717) is 29.5 Å². The summed E-state index contributed by atoms with van der Waals surface area (Å²) in [5.74, 6) is 1.13. The van der Waals surface area contributed by atoms with Gasteiger partial charge >= 0.3 is 0 Å². The predicted octanol–water partition coefficient (Wildman–Crippen LogP) is 2.76. The molecule has 24 heavy (non-hydrogen) atoms. The third-order valence-corrected chi connectivity index (χ3v) is 3.59. The first-order chi connectivity index (χ1) is 11.7. The summed E-state index contributed by atoms with van der Waals surface area (Å²) in [5.41, 5.74) is 8.40. The first-order valence-corrected chi connectivity index (χ1v) is 7.47. The Morgan fingerprint density at radius 3 is 2.58 bits per heavy atom. The molecule has 3 aromatic rings. The lowest BCUT2D eigenvalue weighted by Gasteiger charge is -2.03. The normalized spacial score (nSPS) is 11.1. The molecule has 2 aromatic heterocycles. The van der Waals surface area contributed by atoms with Crippen LogP contribution in [0.4, 0.5) is 17.2 Å². The molecule has 3 rings (SSSR count). The minimum atomic E-state index is 0.474. The van der Waals surface area contributed by atoms with E-state index in [1.165, 1.54) is 0 Å². The Kier molecular flexibility index (Phi) is 4.51. The number of rotatable bonds is 5. The van der Waals surface area contributed by atoms with Crippen LogP contribution in [-0.4, -0.2) is 16.9 Å². The number of azo groups is 1. The smallest absolute Gasteiger partial charge is 0.168 e. The van der Waals surface area contributed by atoms with Crippen molar-refractivity contribution in [2.75, 3.05) is 12.8 Å². The minimum Gasteiger partial charge on any atom is -0.494 e. The van der Waals surface area contributed by atoms with Gasteiger partial charge in [0.25, 0.3) is 0 Å². The minimum absolute atomic E-state index is 0.474. The maximum absolute atomic E-state index is 6.13. The molecule has 0 aliphatic carbocycles. The fourth-order valence-electron chi connectivity index (χ4n) is 2.22. The highest BCUT2D eigenvalue weighted by atomic mass is 16.5. The summed E-state index contributed by atoms with van der Waals surface area (Å²) in [6, 6.07) is 11.5. The van der Waals surface area contributed by atoms with Gasteiger partial charge in [-0.05, 0) is 17.7 Å². The lowest BCUT2D eigenvalue weighted by atomic mass is 10.3. The van der Waals surface area contributed by atoms with Gasteiger partial charge in [-0.3, -0.25) is 0 Å². The van der Waals surface area contributed by atoms with Crippen LogP contribution in [0.1, 0.15) is 5.56 Å². The third kappa shape index (κ3) is 3.40. The van der Waals surface area contributed by atoms with Crippen LogP contribution >= 0.6 is 0 Å². The largest absolute Gasteiger partial charge is 0.494 e.